The number of benzene rings is 1. The van der Waals surface area contributed by atoms with Crippen LogP contribution >= 0.6 is 11.3 Å². The average Bonchev–Trinajstić information content (AvgIpc) is 3.04. The number of rotatable bonds is 4. The lowest BCUT2D eigenvalue weighted by Crippen LogP contribution is -2.26. The first kappa shape index (κ1) is 11.9. The van der Waals surface area contributed by atoms with Crippen LogP contribution in [0.2, 0.25) is 0 Å². The van der Waals surface area contributed by atoms with E-state index in [1.54, 1.807) is 11.3 Å². The Labute approximate surface area is 112 Å². The van der Waals surface area contributed by atoms with E-state index >= 15 is 0 Å². The lowest BCUT2D eigenvalue weighted by Gasteiger charge is -2.18. The minimum absolute atomic E-state index is 0.794. The quantitative estimate of drug-likeness (QED) is 0.917. The van der Waals surface area contributed by atoms with Crippen molar-refractivity contribution in [3.8, 4) is 0 Å². The highest BCUT2D eigenvalue weighted by molar-refractivity contribution is 7.16. The molecule has 1 saturated heterocycles. The molecule has 3 rings (SSSR count). The second-order valence-electron chi connectivity index (χ2n) is 4.91. The van der Waals surface area contributed by atoms with Crippen molar-refractivity contribution in [1.82, 2.24) is 10.3 Å². The molecule has 3 nitrogen and oxygen atoms in total. The third-order valence-electron chi connectivity index (χ3n) is 3.65. The number of hydrogen-bond acceptors (Lipinski definition) is 4. The Hall–Kier alpha value is -1.13. The van der Waals surface area contributed by atoms with Gasteiger partial charge in [-0.15, -0.1) is 11.3 Å². The molecule has 0 amide bonds. The van der Waals surface area contributed by atoms with Crippen LogP contribution < -0.4 is 10.2 Å². The molecular formula is C14H19N3S. The minimum Gasteiger partial charge on any atom is -0.371 e. The lowest BCUT2D eigenvalue weighted by molar-refractivity contribution is 0.528. The van der Waals surface area contributed by atoms with E-state index in [1.807, 2.05) is 5.51 Å². The topological polar surface area (TPSA) is 28.2 Å². The van der Waals surface area contributed by atoms with Crippen LogP contribution in [0.3, 0.4) is 0 Å². The highest BCUT2D eigenvalue weighted by Crippen LogP contribution is 2.28. The molecule has 1 unspecified atom stereocenters. The summed E-state index contributed by atoms with van der Waals surface area (Å²) in [5, 5.41) is 3.45. The van der Waals surface area contributed by atoms with E-state index in [0.29, 0.717) is 0 Å². The Morgan fingerprint density at radius 2 is 2.44 bits per heavy atom. The third-order valence-corrected chi connectivity index (χ3v) is 4.44. The molecule has 2 heterocycles. The molecule has 0 saturated carbocycles. The molecule has 0 aliphatic carbocycles. The number of nitrogens with zero attached hydrogens (tertiary/aromatic N) is 2. The molecule has 1 aliphatic heterocycles. The maximum absolute atomic E-state index is 4.33. The molecule has 96 valence electrons. The molecule has 1 aromatic carbocycles. The van der Waals surface area contributed by atoms with Crippen LogP contribution in [-0.2, 0) is 0 Å². The van der Waals surface area contributed by atoms with Gasteiger partial charge in [0, 0.05) is 18.8 Å². The number of anilines is 1. The Morgan fingerprint density at radius 1 is 1.50 bits per heavy atom. The van der Waals surface area contributed by atoms with Crippen molar-refractivity contribution >= 4 is 27.2 Å². The fourth-order valence-corrected chi connectivity index (χ4v) is 3.33. The molecule has 1 fully saturated rings. The van der Waals surface area contributed by atoms with E-state index in [2.05, 4.69) is 40.3 Å². The Bertz CT molecular complexity index is 522. The van der Waals surface area contributed by atoms with Crippen LogP contribution in [0.1, 0.15) is 13.3 Å². The molecule has 1 aromatic heterocycles. The van der Waals surface area contributed by atoms with Crippen LogP contribution in [0.15, 0.2) is 23.7 Å². The molecule has 0 radical (unpaired) electrons. The van der Waals surface area contributed by atoms with Crippen molar-refractivity contribution in [2.75, 3.05) is 31.1 Å². The largest absolute Gasteiger partial charge is 0.371 e. The van der Waals surface area contributed by atoms with Gasteiger partial charge in [0.2, 0.25) is 0 Å². The van der Waals surface area contributed by atoms with Gasteiger partial charge in [0.15, 0.2) is 0 Å². The number of nitrogens with one attached hydrogen (secondary N) is 1. The standard InChI is InChI=1S/C14H19N3S/c1-2-15-8-11-5-6-17(9-11)12-3-4-13-14(7-12)18-10-16-13/h3-4,7,10-11,15H,2,5-6,8-9H2,1H3. The van der Waals surface area contributed by atoms with Crippen LogP contribution in [0.4, 0.5) is 5.69 Å². The monoisotopic (exact) mass is 261 g/mol. The minimum atomic E-state index is 0.794. The van der Waals surface area contributed by atoms with Crippen LogP contribution in [0.25, 0.3) is 10.2 Å². The first-order valence-corrected chi connectivity index (χ1v) is 7.53. The Kier molecular flexibility index (Phi) is 3.48. The average molecular weight is 261 g/mol. The Balaban J connectivity index is 1.71. The molecule has 0 spiro atoms. The first-order valence-electron chi connectivity index (χ1n) is 6.65. The molecule has 0 bridgehead atoms. The maximum Gasteiger partial charge on any atom is 0.0813 e. The summed E-state index contributed by atoms with van der Waals surface area (Å²) in [4.78, 5) is 6.83. The van der Waals surface area contributed by atoms with Crippen LogP contribution in [0, 0.1) is 5.92 Å². The molecule has 1 N–H and O–H groups in total. The van der Waals surface area contributed by atoms with Gasteiger partial charge in [-0.1, -0.05) is 6.92 Å². The van der Waals surface area contributed by atoms with Crippen LogP contribution in [-0.4, -0.2) is 31.2 Å². The maximum atomic E-state index is 4.33. The van der Waals surface area contributed by atoms with Gasteiger partial charge in [-0.3, -0.25) is 0 Å². The fraction of sp³-hybridized carbons (Fsp3) is 0.500. The second-order valence-corrected chi connectivity index (χ2v) is 5.80. The SMILES string of the molecule is CCNCC1CCN(c2ccc3ncsc3c2)C1. The van der Waals surface area contributed by atoms with Gasteiger partial charge in [-0.05, 0) is 43.6 Å². The van der Waals surface area contributed by atoms with Gasteiger partial charge >= 0.3 is 0 Å². The van der Waals surface area contributed by atoms with Crippen LogP contribution in [0.5, 0.6) is 0 Å². The predicted octanol–water partition coefficient (Wildman–Crippen LogP) is 2.73. The van der Waals surface area contributed by atoms with E-state index in [9.17, 15) is 0 Å². The predicted molar refractivity (Wildman–Crippen MR) is 78.5 cm³/mol. The van der Waals surface area contributed by atoms with Gasteiger partial charge in [0.1, 0.15) is 0 Å². The summed E-state index contributed by atoms with van der Waals surface area (Å²) in [7, 11) is 0. The lowest BCUT2D eigenvalue weighted by atomic mass is 10.1. The summed E-state index contributed by atoms with van der Waals surface area (Å²) in [6.45, 7) is 6.75. The van der Waals surface area contributed by atoms with Gasteiger partial charge < -0.3 is 10.2 Å². The second kappa shape index (κ2) is 5.24. The zero-order chi connectivity index (χ0) is 12.4. The number of aromatic nitrogens is 1. The van der Waals surface area contributed by atoms with E-state index in [-0.39, 0.29) is 0 Å². The molecule has 1 atom stereocenters. The fourth-order valence-electron chi connectivity index (χ4n) is 2.62. The van der Waals surface area contributed by atoms with Crippen molar-refractivity contribution in [1.29, 1.82) is 0 Å². The molecule has 4 heteroatoms. The normalized spacial score (nSPS) is 19.8. The van der Waals surface area contributed by atoms with Crippen molar-refractivity contribution in [2.45, 2.75) is 13.3 Å². The zero-order valence-corrected chi connectivity index (χ0v) is 11.5. The van der Waals surface area contributed by atoms with E-state index in [0.717, 1.165) is 24.5 Å². The highest BCUT2D eigenvalue weighted by atomic mass is 32.1. The highest BCUT2D eigenvalue weighted by Gasteiger charge is 2.22. The number of thiazole rings is 1. The van der Waals surface area contributed by atoms with E-state index < -0.39 is 0 Å². The molecular weight excluding hydrogens is 242 g/mol. The summed E-state index contributed by atoms with van der Waals surface area (Å²) >= 11 is 1.72. The van der Waals surface area contributed by atoms with Gasteiger partial charge in [-0.2, -0.15) is 0 Å². The van der Waals surface area contributed by atoms with Crippen molar-refractivity contribution in [3.05, 3.63) is 23.7 Å². The van der Waals surface area contributed by atoms with E-state index in [4.69, 9.17) is 0 Å². The summed E-state index contributed by atoms with van der Waals surface area (Å²) in [6.07, 6.45) is 1.30. The van der Waals surface area contributed by atoms with Crippen molar-refractivity contribution in [3.63, 3.8) is 0 Å². The summed E-state index contributed by atoms with van der Waals surface area (Å²) in [5.74, 6) is 0.794. The number of hydrogen-bond donors (Lipinski definition) is 1. The van der Waals surface area contributed by atoms with Gasteiger partial charge in [-0.25, -0.2) is 4.98 Å². The zero-order valence-electron chi connectivity index (χ0n) is 10.7. The molecule has 18 heavy (non-hydrogen) atoms. The van der Waals surface area contributed by atoms with Gasteiger partial charge in [0.25, 0.3) is 0 Å². The summed E-state index contributed by atoms with van der Waals surface area (Å²) in [5.41, 5.74) is 4.39. The summed E-state index contributed by atoms with van der Waals surface area (Å²) < 4.78 is 1.29. The molecule has 2 aromatic rings. The van der Waals surface area contributed by atoms with Crippen molar-refractivity contribution < 1.29 is 0 Å². The van der Waals surface area contributed by atoms with Crippen molar-refractivity contribution in [2.24, 2.45) is 5.92 Å². The summed E-state index contributed by atoms with van der Waals surface area (Å²) in [6, 6.07) is 6.62. The van der Waals surface area contributed by atoms with Gasteiger partial charge in [0.05, 0.1) is 15.7 Å². The first-order chi connectivity index (χ1) is 8.86. The smallest absolute Gasteiger partial charge is 0.0813 e. The van der Waals surface area contributed by atoms with E-state index in [1.165, 1.54) is 29.9 Å². The number of fused-ring (bicyclic) bond motifs is 1. The Morgan fingerprint density at radius 3 is 3.33 bits per heavy atom. The third kappa shape index (κ3) is 2.35. The molecule has 1 aliphatic rings.